The Morgan fingerprint density at radius 2 is 1.39 bits per heavy atom. The molecule has 4 atom stereocenters. The van der Waals surface area contributed by atoms with E-state index in [1.807, 2.05) is 0 Å². The summed E-state index contributed by atoms with van der Waals surface area (Å²) < 4.78 is 4.83. The highest BCUT2D eigenvalue weighted by Crippen LogP contribution is 2.10. The predicted octanol–water partition coefficient (Wildman–Crippen LogP) is 0.106. The van der Waals surface area contributed by atoms with E-state index in [1.54, 1.807) is 0 Å². The fourth-order valence-corrected chi connectivity index (χ4v) is 2.14. The molecule has 5 N–H and O–H groups in total. The lowest BCUT2D eigenvalue weighted by atomic mass is 10.0. The number of hydrogen-bond donors (Lipinski definition) is 5. The van der Waals surface area contributed by atoms with Crippen LogP contribution < -0.4 is 0 Å². The highest BCUT2D eigenvalue weighted by Gasteiger charge is 2.30. The highest BCUT2D eigenvalue weighted by atomic mass is 16.5. The van der Waals surface area contributed by atoms with E-state index in [4.69, 9.17) is 14.9 Å². The Hall–Kier alpha value is -0.730. The van der Waals surface area contributed by atoms with Crippen LogP contribution >= 0.6 is 0 Å². The first-order valence-electron chi connectivity index (χ1n) is 8.42. The molecule has 7 heteroatoms. The molecule has 0 aromatic heterocycles. The molecule has 0 aromatic rings. The van der Waals surface area contributed by atoms with Gasteiger partial charge in [0.05, 0.1) is 6.61 Å². The Balaban J connectivity index is 3.75. The minimum absolute atomic E-state index is 0.248. The van der Waals surface area contributed by atoms with Gasteiger partial charge in [0.2, 0.25) is 0 Å². The van der Waals surface area contributed by atoms with E-state index in [-0.39, 0.29) is 6.42 Å². The largest absolute Gasteiger partial charge is 0.463 e. The molecule has 0 aromatic carbocycles. The van der Waals surface area contributed by atoms with Crippen molar-refractivity contribution in [3.05, 3.63) is 0 Å². The molecule has 0 fully saturated rings. The van der Waals surface area contributed by atoms with E-state index in [0.717, 1.165) is 19.3 Å². The van der Waals surface area contributed by atoms with Crippen LogP contribution in [0.2, 0.25) is 0 Å². The van der Waals surface area contributed by atoms with Crippen molar-refractivity contribution in [2.75, 3.05) is 13.2 Å². The lowest BCUT2D eigenvalue weighted by molar-refractivity contribution is -0.156. The third-order valence-electron chi connectivity index (χ3n) is 3.72. The second-order valence-electron chi connectivity index (χ2n) is 5.85. The number of aliphatic hydroxyl groups is 5. The third kappa shape index (κ3) is 10.6. The summed E-state index contributed by atoms with van der Waals surface area (Å²) in [6, 6.07) is 0. The lowest BCUT2D eigenvalue weighted by Gasteiger charge is -2.25. The molecular formula is C16H32O7. The summed E-state index contributed by atoms with van der Waals surface area (Å²) >= 11 is 0. The summed E-state index contributed by atoms with van der Waals surface area (Å²) in [5.74, 6) is -0.470. The summed E-state index contributed by atoms with van der Waals surface area (Å²) in [7, 11) is 0. The summed E-state index contributed by atoms with van der Waals surface area (Å²) in [5.41, 5.74) is 0. The van der Waals surface area contributed by atoms with Crippen LogP contribution in [0.4, 0.5) is 0 Å². The average molecular weight is 336 g/mol. The molecule has 0 bridgehead atoms. The fraction of sp³-hybridized carbons (Fsp3) is 0.938. The number of ether oxygens (including phenoxy) is 1. The van der Waals surface area contributed by atoms with Gasteiger partial charge in [-0.05, 0) is 6.42 Å². The predicted molar refractivity (Wildman–Crippen MR) is 84.7 cm³/mol. The Kier molecular flexibility index (Phi) is 13.3. The standard InChI is InChI=1S/C16H32O7/c1-2-3-4-5-6-7-8-9-14(20)23-11-13(19)16(22)15(21)12(18)10-17/h12-13,15-19,21-22H,2-11H2,1H3/t12-,13-,15-,16-/m0/s1. The first-order chi connectivity index (χ1) is 10.9. The molecule has 0 saturated heterocycles. The summed E-state index contributed by atoms with van der Waals surface area (Å²) in [6.45, 7) is 0.944. The van der Waals surface area contributed by atoms with E-state index in [9.17, 15) is 20.1 Å². The Morgan fingerprint density at radius 1 is 0.870 bits per heavy atom. The lowest BCUT2D eigenvalue weighted by Crippen LogP contribution is -2.47. The molecule has 0 radical (unpaired) electrons. The highest BCUT2D eigenvalue weighted by molar-refractivity contribution is 5.69. The first kappa shape index (κ1) is 22.3. The van der Waals surface area contributed by atoms with E-state index in [1.165, 1.54) is 25.7 Å². The number of carbonyl (C=O) groups excluding carboxylic acids is 1. The smallest absolute Gasteiger partial charge is 0.305 e. The van der Waals surface area contributed by atoms with E-state index in [0.29, 0.717) is 0 Å². The van der Waals surface area contributed by atoms with Crippen LogP contribution in [0.1, 0.15) is 58.3 Å². The monoisotopic (exact) mass is 336 g/mol. The maximum atomic E-state index is 11.5. The van der Waals surface area contributed by atoms with Gasteiger partial charge in [-0.15, -0.1) is 0 Å². The molecule has 0 aliphatic carbocycles. The van der Waals surface area contributed by atoms with Crippen LogP contribution in [-0.2, 0) is 9.53 Å². The van der Waals surface area contributed by atoms with Gasteiger partial charge in [0.1, 0.15) is 31.0 Å². The van der Waals surface area contributed by atoms with Crippen molar-refractivity contribution in [2.24, 2.45) is 0 Å². The molecular weight excluding hydrogens is 304 g/mol. The molecule has 23 heavy (non-hydrogen) atoms. The van der Waals surface area contributed by atoms with Crippen molar-refractivity contribution >= 4 is 5.97 Å². The van der Waals surface area contributed by atoms with Gasteiger partial charge in [-0.2, -0.15) is 0 Å². The van der Waals surface area contributed by atoms with Crippen LogP contribution in [0, 0.1) is 0 Å². The molecule has 0 aliphatic rings. The molecule has 7 nitrogen and oxygen atoms in total. The molecule has 0 saturated carbocycles. The fourth-order valence-electron chi connectivity index (χ4n) is 2.14. The molecule has 138 valence electrons. The van der Waals surface area contributed by atoms with Crippen molar-refractivity contribution < 1.29 is 35.1 Å². The van der Waals surface area contributed by atoms with Crippen molar-refractivity contribution in [1.82, 2.24) is 0 Å². The minimum atomic E-state index is -1.71. The zero-order valence-electron chi connectivity index (χ0n) is 13.9. The summed E-state index contributed by atoms with van der Waals surface area (Å²) in [5, 5.41) is 46.4. The van der Waals surface area contributed by atoms with Crippen LogP contribution in [-0.4, -0.2) is 69.1 Å². The molecule has 0 heterocycles. The second-order valence-corrected chi connectivity index (χ2v) is 5.85. The molecule has 0 rings (SSSR count). The van der Waals surface area contributed by atoms with Crippen LogP contribution in [0.3, 0.4) is 0 Å². The van der Waals surface area contributed by atoms with Crippen molar-refractivity contribution in [3.8, 4) is 0 Å². The van der Waals surface area contributed by atoms with Crippen LogP contribution in [0.5, 0.6) is 0 Å². The Morgan fingerprint density at radius 3 is 1.96 bits per heavy atom. The SMILES string of the molecule is CCCCCCCCCC(=O)OC[C@H](O)[C@H](O)[C@@H](O)[C@@H](O)CO. The Bertz CT molecular complexity index is 298. The van der Waals surface area contributed by atoms with E-state index >= 15 is 0 Å². The molecule has 0 spiro atoms. The topological polar surface area (TPSA) is 127 Å². The number of esters is 1. The minimum Gasteiger partial charge on any atom is -0.463 e. The zero-order valence-corrected chi connectivity index (χ0v) is 13.9. The molecule has 0 unspecified atom stereocenters. The van der Waals surface area contributed by atoms with Gasteiger partial charge in [-0.3, -0.25) is 4.79 Å². The van der Waals surface area contributed by atoms with Gasteiger partial charge in [0.25, 0.3) is 0 Å². The van der Waals surface area contributed by atoms with Gasteiger partial charge in [-0.1, -0.05) is 45.4 Å². The van der Waals surface area contributed by atoms with Gasteiger partial charge in [0.15, 0.2) is 0 Å². The van der Waals surface area contributed by atoms with Gasteiger partial charge in [-0.25, -0.2) is 0 Å². The van der Waals surface area contributed by atoms with Gasteiger partial charge < -0.3 is 30.3 Å². The molecule has 0 amide bonds. The van der Waals surface area contributed by atoms with Crippen LogP contribution in [0.15, 0.2) is 0 Å². The molecule has 0 aliphatic heterocycles. The number of hydrogen-bond acceptors (Lipinski definition) is 7. The van der Waals surface area contributed by atoms with Crippen molar-refractivity contribution in [3.63, 3.8) is 0 Å². The van der Waals surface area contributed by atoms with E-state index in [2.05, 4.69) is 6.92 Å². The van der Waals surface area contributed by atoms with Crippen molar-refractivity contribution in [1.29, 1.82) is 0 Å². The second kappa shape index (κ2) is 13.7. The third-order valence-corrected chi connectivity index (χ3v) is 3.72. The quantitative estimate of drug-likeness (QED) is 0.225. The van der Waals surface area contributed by atoms with E-state index < -0.39 is 43.6 Å². The maximum Gasteiger partial charge on any atom is 0.305 e. The average Bonchev–Trinajstić information content (AvgIpc) is 2.56. The van der Waals surface area contributed by atoms with Gasteiger partial charge >= 0.3 is 5.97 Å². The summed E-state index contributed by atoms with van der Waals surface area (Å²) in [4.78, 5) is 11.5. The first-order valence-corrected chi connectivity index (χ1v) is 8.42. The number of carbonyl (C=O) groups is 1. The Labute approximate surface area is 137 Å². The summed E-state index contributed by atoms with van der Waals surface area (Å²) in [6.07, 6.45) is 1.31. The van der Waals surface area contributed by atoms with Crippen molar-refractivity contribution in [2.45, 2.75) is 82.7 Å². The maximum absolute atomic E-state index is 11.5. The van der Waals surface area contributed by atoms with Crippen LogP contribution in [0.25, 0.3) is 0 Å². The normalized spacial score (nSPS) is 16.6. The van der Waals surface area contributed by atoms with Gasteiger partial charge in [0, 0.05) is 6.42 Å². The number of aliphatic hydroxyl groups excluding tert-OH is 5. The number of rotatable bonds is 14. The zero-order chi connectivity index (χ0) is 17.7. The number of unbranched alkanes of at least 4 members (excludes halogenated alkanes) is 6.